The molecule has 3 rings (SSSR count). The molecule has 2 amide bonds. The molecule has 26 heavy (non-hydrogen) atoms. The summed E-state index contributed by atoms with van der Waals surface area (Å²) in [6.45, 7) is 0.741. The summed E-state index contributed by atoms with van der Waals surface area (Å²) in [6, 6.07) is 17.0. The Balaban J connectivity index is 1.64. The van der Waals surface area contributed by atoms with Gasteiger partial charge in [0.25, 0.3) is 0 Å². The second-order valence-corrected chi connectivity index (χ2v) is 6.35. The van der Waals surface area contributed by atoms with E-state index in [1.54, 1.807) is 35.2 Å². The highest BCUT2D eigenvalue weighted by molar-refractivity contribution is 5.91. The van der Waals surface area contributed by atoms with Crippen LogP contribution < -0.4 is 5.32 Å². The predicted molar refractivity (Wildman–Crippen MR) is 94.9 cm³/mol. The fraction of sp³-hybridized carbons (Fsp3) is 0.250. The Morgan fingerprint density at radius 2 is 1.69 bits per heavy atom. The number of carbonyl (C=O) groups is 3. The molecule has 1 aliphatic rings. The van der Waals surface area contributed by atoms with E-state index in [1.165, 1.54) is 0 Å². The van der Waals surface area contributed by atoms with Gasteiger partial charge in [-0.2, -0.15) is 0 Å². The van der Waals surface area contributed by atoms with Crippen LogP contribution >= 0.6 is 0 Å². The summed E-state index contributed by atoms with van der Waals surface area (Å²) in [4.78, 5) is 37.9. The minimum Gasteiger partial charge on any atom is -0.479 e. The number of likely N-dealkylation sites (tertiary alicyclic amines) is 1. The first-order valence-corrected chi connectivity index (χ1v) is 8.44. The summed E-state index contributed by atoms with van der Waals surface area (Å²) in [5.74, 6) is -2.18. The number of amides is 2. The molecule has 2 aromatic rings. The van der Waals surface area contributed by atoms with Crippen molar-refractivity contribution in [3.8, 4) is 0 Å². The predicted octanol–water partition coefficient (Wildman–Crippen LogP) is 1.98. The number of benzene rings is 2. The molecule has 1 fully saturated rings. The summed E-state index contributed by atoms with van der Waals surface area (Å²) in [7, 11) is 0. The van der Waals surface area contributed by atoms with Gasteiger partial charge < -0.3 is 15.3 Å². The van der Waals surface area contributed by atoms with Gasteiger partial charge in [-0.3, -0.25) is 9.59 Å². The monoisotopic (exact) mass is 352 g/mol. The van der Waals surface area contributed by atoms with Gasteiger partial charge in [-0.15, -0.1) is 0 Å². The van der Waals surface area contributed by atoms with Crippen LogP contribution in [-0.4, -0.2) is 34.3 Å². The van der Waals surface area contributed by atoms with Crippen molar-refractivity contribution in [3.05, 3.63) is 71.8 Å². The molecule has 0 radical (unpaired) electrons. The van der Waals surface area contributed by atoms with Gasteiger partial charge in [-0.25, -0.2) is 4.79 Å². The molecule has 134 valence electrons. The molecular formula is C20H20N2O4. The average Bonchev–Trinajstić information content (AvgIpc) is 3.01. The van der Waals surface area contributed by atoms with Crippen molar-refractivity contribution >= 4 is 17.8 Å². The van der Waals surface area contributed by atoms with Crippen LogP contribution in [0.1, 0.15) is 23.6 Å². The third-order valence-corrected chi connectivity index (χ3v) is 4.47. The topological polar surface area (TPSA) is 86.7 Å². The summed E-state index contributed by atoms with van der Waals surface area (Å²) in [5, 5.41) is 12.0. The minimum atomic E-state index is -1.13. The molecule has 6 heteroatoms. The second-order valence-electron chi connectivity index (χ2n) is 6.35. The maximum atomic E-state index is 12.5. The quantitative estimate of drug-likeness (QED) is 0.832. The molecule has 2 unspecified atom stereocenters. The third kappa shape index (κ3) is 4.08. The van der Waals surface area contributed by atoms with Crippen LogP contribution in [0, 0.1) is 5.92 Å². The first-order valence-electron chi connectivity index (χ1n) is 8.44. The number of carboxylic acids is 1. The van der Waals surface area contributed by atoms with E-state index >= 15 is 0 Å². The molecule has 0 aromatic heterocycles. The highest BCUT2D eigenvalue weighted by Gasteiger charge is 2.36. The van der Waals surface area contributed by atoms with Crippen LogP contribution in [0.2, 0.25) is 0 Å². The minimum absolute atomic E-state index is 0.0967. The molecule has 0 saturated carbocycles. The Labute approximate surface area is 151 Å². The number of hydrogen-bond acceptors (Lipinski definition) is 3. The number of aliphatic carboxylic acids is 1. The highest BCUT2D eigenvalue weighted by atomic mass is 16.4. The lowest BCUT2D eigenvalue weighted by Crippen LogP contribution is -2.38. The van der Waals surface area contributed by atoms with Gasteiger partial charge in [0.2, 0.25) is 11.8 Å². The van der Waals surface area contributed by atoms with Crippen molar-refractivity contribution in [1.29, 1.82) is 0 Å². The van der Waals surface area contributed by atoms with Crippen LogP contribution in [0.4, 0.5) is 0 Å². The van der Waals surface area contributed by atoms with E-state index in [9.17, 15) is 19.5 Å². The smallest absolute Gasteiger partial charge is 0.330 e. The zero-order valence-corrected chi connectivity index (χ0v) is 14.2. The van der Waals surface area contributed by atoms with Crippen LogP contribution in [-0.2, 0) is 20.9 Å². The molecule has 6 nitrogen and oxygen atoms in total. The maximum Gasteiger partial charge on any atom is 0.330 e. The number of carboxylic acid groups (broad SMARTS) is 1. The Morgan fingerprint density at radius 1 is 1.08 bits per heavy atom. The van der Waals surface area contributed by atoms with Gasteiger partial charge in [-0.1, -0.05) is 60.7 Å². The maximum absolute atomic E-state index is 12.5. The van der Waals surface area contributed by atoms with E-state index in [1.807, 2.05) is 30.3 Å². The normalized spacial score (nSPS) is 17.8. The Morgan fingerprint density at radius 3 is 2.31 bits per heavy atom. The van der Waals surface area contributed by atoms with Gasteiger partial charge in [0.05, 0.1) is 5.92 Å². The SMILES string of the molecule is O=C(NC(C(=O)O)c1ccccc1)C1CC(=O)N(Cc2ccccc2)C1. The number of nitrogens with zero attached hydrogens (tertiary/aromatic N) is 1. The van der Waals surface area contributed by atoms with Crippen LogP contribution in [0.15, 0.2) is 60.7 Å². The Bertz CT molecular complexity index is 792. The standard InChI is InChI=1S/C20H20N2O4/c23-17-11-16(13-22(17)12-14-7-3-1-4-8-14)19(24)21-18(20(25)26)15-9-5-2-6-10-15/h1-10,16,18H,11-13H2,(H,21,24)(H,25,26). The number of carbonyl (C=O) groups excluding carboxylic acids is 2. The van der Waals surface area contributed by atoms with Gasteiger partial charge in [-0.05, 0) is 11.1 Å². The molecule has 2 N–H and O–H groups in total. The second kappa shape index (κ2) is 7.82. The van der Waals surface area contributed by atoms with Gasteiger partial charge in [0.1, 0.15) is 0 Å². The van der Waals surface area contributed by atoms with Crippen LogP contribution in [0.3, 0.4) is 0 Å². The lowest BCUT2D eigenvalue weighted by atomic mass is 10.0. The summed E-state index contributed by atoms with van der Waals surface area (Å²) < 4.78 is 0. The molecule has 1 saturated heterocycles. The molecule has 2 aromatic carbocycles. The highest BCUT2D eigenvalue weighted by Crippen LogP contribution is 2.22. The first-order chi connectivity index (χ1) is 12.5. The molecule has 0 aliphatic carbocycles. The van der Waals surface area contributed by atoms with Crippen molar-refractivity contribution in [2.45, 2.75) is 19.0 Å². The van der Waals surface area contributed by atoms with E-state index < -0.39 is 23.8 Å². The molecular weight excluding hydrogens is 332 g/mol. The first kappa shape index (κ1) is 17.7. The number of nitrogens with one attached hydrogen (secondary N) is 1. The van der Waals surface area contributed by atoms with E-state index in [2.05, 4.69) is 5.32 Å². The van der Waals surface area contributed by atoms with Crippen molar-refractivity contribution in [2.24, 2.45) is 5.92 Å². The van der Waals surface area contributed by atoms with E-state index in [0.717, 1.165) is 5.56 Å². The van der Waals surface area contributed by atoms with Gasteiger partial charge in [0.15, 0.2) is 6.04 Å². The summed E-state index contributed by atoms with van der Waals surface area (Å²) in [5.41, 5.74) is 1.49. The lowest BCUT2D eigenvalue weighted by molar-refractivity contribution is -0.142. The fourth-order valence-corrected chi connectivity index (χ4v) is 3.10. The Kier molecular flexibility index (Phi) is 5.31. The number of rotatable bonds is 6. The summed E-state index contributed by atoms with van der Waals surface area (Å²) in [6.07, 6.45) is 0.0970. The molecule has 0 spiro atoms. The van der Waals surface area contributed by atoms with E-state index in [-0.39, 0.29) is 12.3 Å². The Hall–Kier alpha value is -3.15. The average molecular weight is 352 g/mol. The van der Waals surface area contributed by atoms with Crippen molar-refractivity contribution in [3.63, 3.8) is 0 Å². The largest absolute Gasteiger partial charge is 0.479 e. The van der Waals surface area contributed by atoms with E-state index in [0.29, 0.717) is 18.7 Å². The van der Waals surface area contributed by atoms with Crippen LogP contribution in [0.5, 0.6) is 0 Å². The summed E-state index contributed by atoms with van der Waals surface area (Å²) >= 11 is 0. The molecule has 1 aliphatic heterocycles. The third-order valence-electron chi connectivity index (χ3n) is 4.47. The zero-order chi connectivity index (χ0) is 18.5. The van der Waals surface area contributed by atoms with E-state index in [4.69, 9.17) is 0 Å². The van der Waals surface area contributed by atoms with Crippen molar-refractivity contribution in [2.75, 3.05) is 6.54 Å². The molecule has 0 bridgehead atoms. The van der Waals surface area contributed by atoms with Crippen LogP contribution in [0.25, 0.3) is 0 Å². The fourth-order valence-electron chi connectivity index (χ4n) is 3.10. The van der Waals surface area contributed by atoms with Crippen molar-refractivity contribution in [1.82, 2.24) is 10.2 Å². The van der Waals surface area contributed by atoms with Gasteiger partial charge in [0, 0.05) is 19.5 Å². The molecule has 1 heterocycles. The molecule has 2 atom stereocenters. The zero-order valence-electron chi connectivity index (χ0n) is 14.2. The van der Waals surface area contributed by atoms with Gasteiger partial charge >= 0.3 is 5.97 Å². The number of hydrogen-bond donors (Lipinski definition) is 2. The lowest BCUT2D eigenvalue weighted by Gasteiger charge is -2.19. The van der Waals surface area contributed by atoms with Crippen molar-refractivity contribution < 1.29 is 19.5 Å².